The summed E-state index contributed by atoms with van der Waals surface area (Å²) < 4.78 is 5.30. The van der Waals surface area contributed by atoms with Crippen molar-refractivity contribution < 1.29 is 14.3 Å². The molecule has 1 aliphatic heterocycles. The average molecular weight is 237 g/mol. The quantitative estimate of drug-likeness (QED) is 0.878. The van der Waals surface area contributed by atoms with Gasteiger partial charge >= 0.3 is 5.97 Å². The molecule has 0 amide bonds. The van der Waals surface area contributed by atoms with Crippen LogP contribution in [0.25, 0.3) is 0 Å². The molecule has 2 heterocycles. The summed E-state index contributed by atoms with van der Waals surface area (Å²) in [5.74, 6) is -0.343. The fourth-order valence-electron chi connectivity index (χ4n) is 2.61. The Balaban J connectivity index is 2.13. The Morgan fingerprint density at radius 3 is 2.71 bits per heavy atom. The van der Waals surface area contributed by atoms with Crippen molar-refractivity contribution in [2.45, 2.75) is 51.7 Å². The van der Waals surface area contributed by atoms with Gasteiger partial charge in [0, 0.05) is 12.1 Å². The lowest BCUT2D eigenvalue weighted by molar-refractivity contribution is 0.0675. The van der Waals surface area contributed by atoms with Gasteiger partial charge in [0.2, 0.25) is 0 Å². The number of carboxylic acids is 1. The molecule has 2 unspecified atom stereocenters. The third kappa shape index (κ3) is 2.52. The molecule has 2 rings (SSSR count). The zero-order valence-electron chi connectivity index (χ0n) is 10.3. The molecule has 1 fully saturated rings. The highest BCUT2D eigenvalue weighted by atomic mass is 16.4. The van der Waals surface area contributed by atoms with Crippen LogP contribution >= 0.6 is 0 Å². The Morgan fingerprint density at radius 2 is 2.12 bits per heavy atom. The van der Waals surface area contributed by atoms with Crippen molar-refractivity contribution in [1.29, 1.82) is 0 Å². The Kier molecular flexibility index (Phi) is 3.52. The lowest BCUT2D eigenvalue weighted by atomic mass is 9.97. The first kappa shape index (κ1) is 12.2. The molecule has 4 heteroatoms. The summed E-state index contributed by atoms with van der Waals surface area (Å²) >= 11 is 0. The highest BCUT2D eigenvalue weighted by molar-refractivity contribution is 5.88. The monoisotopic (exact) mass is 237 g/mol. The number of carboxylic acid groups (broad SMARTS) is 1. The average Bonchev–Trinajstić information content (AvgIpc) is 2.72. The summed E-state index contributed by atoms with van der Waals surface area (Å²) in [5.41, 5.74) is 0.287. The van der Waals surface area contributed by atoms with Crippen LogP contribution in [0.15, 0.2) is 16.7 Å². The first-order chi connectivity index (χ1) is 8.09. The van der Waals surface area contributed by atoms with E-state index in [1.165, 1.54) is 31.6 Å². The zero-order valence-corrected chi connectivity index (χ0v) is 10.3. The summed E-state index contributed by atoms with van der Waals surface area (Å²) in [6.07, 6.45) is 5.06. The van der Waals surface area contributed by atoms with Gasteiger partial charge in [-0.25, -0.2) is 4.79 Å². The van der Waals surface area contributed by atoms with Gasteiger partial charge in [-0.3, -0.25) is 4.90 Å². The van der Waals surface area contributed by atoms with Crippen LogP contribution in [-0.2, 0) is 6.54 Å². The molecule has 0 saturated carbocycles. The SMILES string of the molecule is CC1CCCC(C)N1Cc1occc1C(=O)O. The largest absolute Gasteiger partial charge is 0.478 e. The van der Waals surface area contributed by atoms with Crippen LogP contribution < -0.4 is 0 Å². The van der Waals surface area contributed by atoms with Crippen molar-refractivity contribution in [3.05, 3.63) is 23.7 Å². The van der Waals surface area contributed by atoms with Gasteiger partial charge < -0.3 is 9.52 Å². The summed E-state index contributed by atoms with van der Waals surface area (Å²) in [4.78, 5) is 13.3. The predicted molar refractivity (Wildman–Crippen MR) is 64.0 cm³/mol. The molecular weight excluding hydrogens is 218 g/mol. The molecule has 1 N–H and O–H groups in total. The molecule has 0 spiro atoms. The van der Waals surface area contributed by atoms with E-state index >= 15 is 0 Å². The van der Waals surface area contributed by atoms with E-state index in [4.69, 9.17) is 9.52 Å². The van der Waals surface area contributed by atoms with Crippen molar-refractivity contribution in [2.24, 2.45) is 0 Å². The van der Waals surface area contributed by atoms with Gasteiger partial charge in [0.15, 0.2) is 0 Å². The summed E-state index contributed by atoms with van der Waals surface area (Å²) in [6.45, 7) is 4.98. The molecule has 1 aromatic heterocycles. The van der Waals surface area contributed by atoms with E-state index in [2.05, 4.69) is 18.7 Å². The number of hydrogen-bond acceptors (Lipinski definition) is 3. The molecule has 1 aromatic rings. The maximum Gasteiger partial charge on any atom is 0.339 e. The number of rotatable bonds is 3. The Labute approximate surface area is 101 Å². The lowest BCUT2D eigenvalue weighted by Crippen LogP contribution is -2.43. The highest BCUT2D eigenvalue weighted by Gasteiger charge is 2.27. The maximum atomic E-state index is 11.0. The van der Waals surface area contributed by atoms with E-state index < -0.39 is 5.97 Å². The smallest absolute Gasteiger partial charge is 0.339 e. The van der Waals surface area contributed by atoms with Crippen molar-refractivity contribution >= 4 is 5.97 Å². The molecule has 0 aliphatic carbocycles. The molecule has 0 radical (unpaired) electrons. The van der Waals surface area contributed by atoms with Crippen molar-refractivity contribution in [2.75, 3.05) is 0 Å². The van der Waals surface area contributed by atoms with E-state index in [-0.39, 0.29) is 5.56 Å². The number of hydrogen-bond donors (Lipinski definition) is 1. The molecule has 4 nitrogen and oxygen atoms in total. The van der Waals surface area contributed by atoms with E-state index in [0.717, 1.165) is 0 Å². The standard InChI is InChI=1S/C13H19NO3/c1-9-4-3-5-10(2)14(9)8-12-11(13(15)16)6-7-17-12/h6-7,9-10H,3-5,8H2,1-2H3,(H,15,16). The Bertz CT molecular complexity index is 389. The zero-order chi connectivity index (χ0) is 12.4. The fourth-order valence-corrected chi connectivity index (χ4v) is 2.61. The van der Waals surface area contributed by atoms with Crippen LogP contribution in [0.2, 0.25) is 0 Å². The number of furan rings is 1. The normalized spacial score (nSPS) is 26.0. The molecule has 17 heavy (non-hydrogen) atoms. The topological polar surface area (TPSA) is 53.7 Å². The predicted octanol–water partition coefficient (Wildman–Crippen LogP) is 2.74. The minimum Gasteiger partial charge on any atom is -0.478 e. The minimum absolute atomic E-state index is 0.287. The molecule has 2 atom stereocenters. The molecule has 0 aromatic carbocycles. The second-order valence-electron chi connectivity index (χ2n) is 4.86. The summed E-state index contributed by atoms with van der Waals surface area (Å²) in [7, 11) is 0. The first-order valence-electron chi connectivity index (χ1n) is 6.15. The van der Waals surface area contributed by atoms with Gasteiger partial charge in [-0.2, -0.15) is 0 Å². The van der Waals surface area contributed by atoms with Gasteiger partial charge in [0.1, 0.15) is 11.3 Å². The highest BCUT2D eigenvalue weighted by Crippen LogP contribution is 2.25. The van der Waals surface area contributed by atoms with E-state index in [9.17, 15) is 4.79 Å². The number of aromatic carboxylic acids is 1. The van der Waals surface area contributed by atoms with E-state index in [1.807, 2.05) is 0 Å². The van der Waals surface area contributed by atoms with E-state index in [1.54, 1.807) is 0 Å². The van der Waals surface area contributed by atoms with Gasteiger partial charge in [0.25, 0.3) is 0 Å². The van der Waals surface area contributed by atoms with Gasteiger partial charge in [-0.1, -0.05) is 6.42 Å². The Hall–Kier alpha value is -1.29. The number of nitrogens with zero attached hydrogens (tertiary/aromatic N) is 1. The third-order valence-corrected chi connectivity index (χ3v) is 3.68. The van der Waals surface area contributed by atoms with Crippen molar-refractivity contribution in [3.8, 4) is 0 Å². The van der Waals surface area contributed by atoms with Crippen molar-refractivity contribution in [3.63, 3.8) is 0 Å². The Morgan fingerprint density at radius 1 is 1.47 bits per heavy atom. The number of carbonyl (C=O) groups is 1. The fraction of sp³-hybridized carbons (Fsp3) is 0.615. The van der Waals surface area contributed by atoms with Crippen LogP contribution in [0.5, 0.6) is 0 Å². The van der Waals surface area contributed by atoms with E-state index in [0.29, 0.717) is 24.4 Å². The summed E-state index contributed by atoms with van der Waals surface area (Å²) in [6, 6.07) is 2.51. The molecule has 94 valence electrons. The number of likely N-dealkylation sites (tertiary alicyclic amines) is 1. The number of piperidine rings is 1. The van der Waals surface area contributed by atoms with Crippen molar-refractivity contribution in [1.82, 2.24) is 4.90 Å². The second kappa shape index (κ2) is 4.92. The van der Waals surface area contributed by atoms with Crippen LogP contribution in [-0.4, -0.2) is 28.1 Å². The van der Waals surface area contributed by atoms with Gasteiger partial charge in [-0.15, -0.1) is 0 Å². The van der Waals surface area contributed by atoms with Gasteiger partial charge in [-0.05, 0) is 32.8 Å². The summed E-state index contributed by atoms with van der Waals surface area (Å²) in [5, 5.41) is 9.04. The minimum atomic E-state index is -0.911. The lowest BCUT2D eigenvalue weighted by Gasteiger charge is -2.38. The molecular formula is C13H19NO3. The molecule has 1 saturated heterocycles. The van der Waals surface area contributed by atoms with Crippen LogP contribution in [0.1, 0.15) is 49.2 Å². The molecule has 0 bridgehead atoms. The maximum absolute atomic E-state index is 11.0. The second-order valence-corrected chi connectivity index (χ2v) is 4.86. The van der Waals surface area contributed by atoms with Gasteiger partial charge in [0.05, 0.1) is 12.8 Å². The van der Waals surface area contributed by atoms with Crippen LogP contribution in [0.3, 0.4) is 0 Å². The first-order valence-corrected chi connectivity index (χ1v) is 6.15. The van der Waals surface area contributed by atoms with Crippen LogP contribution in [0.4, 0.5) is 0 Å². The third-order valence-electron chi connectivity index (χ3n) is 3.68. The molecule has 1 aliphatic rings. The van der Waals surface area contributed by atoms with Crippen LogP contribution in [0, 0.1) is 0 Å².